The van der Waals surface area contributed by atoms with Crippen molar-refractivity contribution >= 4 is 11.9 Å². The van der Waals surface area contributed by atoms with E-state index >= 15 is 0 Å². The van der Waals surface area contributed by atoms with Gasteiger partial charge in [-0.1, -0.05) is 6.92 Å². The van der Waals surface area contributed by atoms with Crippen molar-refractivity contribution in [2.24, 2.45) is 5.92 Å². The Bertz CT molecular complexity index is 430. The summed E-state index contributed by atoms with van der Waals surface area (Å²) in [5, 5.41) is 9.06. The molecule has 0 spiro atoms. The van der Waals surface area contributed by atoms with Crippen molar-refractivity contribution in [1.29, 1.82) is 0 Å². The third-order valence-corrected chi connectivity index (χ3v) is 3.32. The third kappa shape index (κ3) is 2.52. The predicted molar refractivity (Wildman–Crippen MR) is 63.8 cm³/mol. The number of aromatic nitrogens is 2. The molecule has 98 valence electrons. The largest absolute Gasteiger partial charge is 0.480 e. The molecule has 1 aromatic rings. The molecule has 1 aliphatic rings. The Hall–Kier alpha value is -1.85. The lowest BCUT2D eigenvalue weighted by Gasteiger charge is -2.24. The molecule has 2 heterocycles. The predicted octanol–water partition coefficient (Wildman–Crippen LogP) is 0.664. The van der Waals surface area contributed by atoms with Gasteiger partial charge in [0.25, 0.3) is 0 Å². The molecule has 18 heavy (non-hydrogen) atoms. The summed E-state index contributed by atoms with van der Waals surface area (Å²) in [5.74, 6) is -1.23. The summed E-state index contributed by atoms with van der Waals surface area (Å²) >= 11 is 0. The van der Waals surface area contributed by atoms with Crippen molar-refractivity contribution < 1.29 is 14.7 Å². The minimum absolute atomic E-state index is 0.0884. The number of amides is 1. The first-order valence-corrected chi connectivity index (χ1v) is 6.10. The fourth-order valence-corrected chi connectivity index (χ4v) is 2.38. The maximum Gasteiger partial charge on any atom is 0.326 e. The van der Waals surface area contributed by atoms with Gasteiger partial charge in [-0.05, 0) is 12.8 Å². The highest BCUT2D eigenvalue weighted by atomic mass is 16.4. The van der Waals surface area contributed by atoms with Gasteiger partial charge in [0.1, 0.15) is 6.04 Å². The van der Waals surface area contributed by atoms with Gasteiger partial charge in [0.05, 0.1) is 6.33 Å². The Balaban J connectivity index is 1.99. The van der Waals surface area contributed by atoms with E-state index in [9.17, 15) is 9.59 Å². The topological polar surface area (TPSA) is 86.3 Å². The Labute approximate surface area is 105 Å². The lowest BCUT2D eigenvalue weighted by molar-refractivity contribution is -0.149. The maximum absolute atomic E-state index is 12.2. The molecule has 2 N–H and O–H groups in total. The highest BCUT2D eigenvalue weighted by Gasteiger charge is 2.35. The van der Waals surface area contributed by atoms with Gasteiger partial charge in [0.2, 0.25) is 5.91 Å². The molecule has 0 bridgehead atoms. The van der Waals surface area contributed by atoms with Crippen LogP contribution >= 0.6 is 0 Å². The number of rotatable bonds is 4. The van der Waals surface area contributed by atoms with Crippen LogP contribution in [0.15, 0.2) is 12.5 Å². The summed E-state index contributed by atoms with van der Waals surface area (Å²) < 4.78 is 0. The number of H-pyrrole nitrogens is 1. The van der Waals surface area contributed by atoms with E-state index in [4.69, 9.17) is 5.11 Å². The highest BCUT2D eigenvalue weighted by molar-refractivity contribution is 5.85. The van der Waals surface area contributed by atoms with Crippen LogP contribution in [0.1, 0.15) is 25.5 Å². The molecular formula is C12H17N3O3. The maximum atomic E-state index is 12.2. The molecule has 1 fully saturated rings. The number of carboxylic acid groups (broad SMARTS) is 1. The normalized spacial score (nSPS) is 20.9. The van der Waals surface area contributed by atoms with Gasteiger partial charge in [-0.2, -0.15) is 0 Å². The molecule has 2 atom stereocenters. The Morgan fingerprint density at radius 1 is 1.67 bits per heavy atom. The van der Waals surface area contributed by atoms with Gasteiger partial charge in [-0.25, -0.2) is 9.78 Å². The fourth-order valence-electron chi connectivity index (χ4n) is 2.38. The first-order valence-electron chi connectivity index (χ1n) is 6.10. The molecule has 6 heteroatoms. The number of aromatic amines is 1. The van der Waals surface area contributed by atoms with Crippen LogP contribution in [-0.4, -0.2) is 44.4 Å². The zero-order chi connectivity index (χ0) is 13.1. The summed E-state index contributed by atoms with van der Waals surface area (Å²) in [6, 6.07) is -0.651. The van der Waals surface area contributed by atoms with Crippen LogP contribution < -0.4 is 0 Å². The number of nitrogens with zero attached hydrogens (tertiary/aromatic N) is 2. The van der Waals surface area contributed by atoms with E-state index in [0.717, 1.165) is 12.1 Å². The molecule has 2 unspecified atom stereocenters. The lowest BCUT2D eigenvalue weighted by atomic mass is 10.0. The minimum Gasteiger partial charge on any atom is -0.480 e. The number of aliphatic carboxylic acids is 1. The van der Waals surface area contributed by atoms with Crippen LogP contribution in [-0.2, 0) is 16.0 Å². The Kier molecular flexibility index (Phi) is 3.64. The number of nitrogens with one attached hydrogen (secondary N) is 1. The summed E-state index contributed by atoms with van der Waals surface area (Å²) in [6.07, 6.45) is 5.13. The second-order valence-electron chi connectivity index (χ2n) is 4.71. The van der Waals surface area contributed by atoms with Gasteiger partial charge in [-0.3, -0.25) is 4.79 Å². The molecular weight excluding hydrogens is 234 g/mol. The van der Waals surface area contributed by atoms with Crippen LogP contribution in [0.25, 0.3) is 0 Å². The quantitative estimate of drug-likeness (QED) is 0.823. The highest BCUT2D eigenvalue weighted by Crippen LogP contribution is 2.21. The molecule has 2 rings (SSSR count). The van der Waals surface area contributed by atoms with E-state index in [1.165, 1.54) is 4.90 Å². The lowest BCUT2D eigenvalue weighted by Crippen LogP contribution is -2.43. The average molecular weight is 251 g/mol. The monoisotopic (exact) mass is 251 g/mol. The molecule has 6 nitrogen and oxygen atoms in total. The molecule has 1 amide bonds. The van der Waals surface area contributed by atoms with Gasteiger partial charge < -0.3 is 15.0 Å². The van der Waals surface area contributed by atoms with E-state index in [1.54, 1.807) is 12.5 Å². The van der Waals surface area contributed by atoms with Crippen molar-refractivity contribution in [3.05, 3.63) is 18.2 Å². The van der Waals surface area contributed by atoms with Gasteiger partial charge in [0.15, 0.2) is 0 Å². The number of carbonyl (C=O) groups is 2. The summed E-state index contributed by atoms with van der Waals surface area (Å²) in [4.78, 5) is 31.6. The number of hydrogen-bond donors (Lipinski definition) is 2. The van der Waals surface area contributed by atoms with Crippen LogP contribution in [0.3, 0.4) is 0 Å². The van der Waals surface area contributed by atoms with Crippen molar-refractivity contribution in [3.63, 3.8) is 0 Å². The molecule has 0 saturated carbocycles. The SMILES string of the molecule is CC(Cc1cnc[nH]1)C(=O)N1CCCC1C(=O)O. The molecule has 1 saturated heterocycles. The van der Waals surface area contributed by atoms with Crippen LogP contribution in [0.4, 0.5) is 0 Å². The fraction of sp³-hybridized carbons (Fsp3) is 0.583. The van der Waals surface area contributed by atoms with E-state index in [1.807, 2.05) is 6.92 Å². The zero-order valence-corrected chi connectivity index (χ0v) is 10.3. The molecule has 1 aliphatic heterocycles. The molecule has 1 aromatic heterocycles. The zero-order valence-electron chi connectivity index (χ0n) is 10.3. The number of carbonyl (C=O) groups excluding carboxylic acids is 1. The summed E-state index contributed by atoms with van der Waals surface area (Å²) in [5.41, 5.74) is 0.891. The second kappa shape index (κ2) is 5.20. The van der Waals surface area contributed by atoms with E-state index in [0.29, 0.717) is 19.4 Å². The van der Waals surface area contributed by atoms with E-state index < -0.39 is 12.0 Å². The first-order chi connectivity index (χ1) is 8.59. The minimum atomic E-state index is -0.908. The van der Waals surface area contributed by atoms with E-state index in [-0.39, 0.29) is 11.8 Å². The smallest absolute Gasteiger partial charge is 0.326 e. The second-order valence-corrected chi connectivity index (χ2v) is 4.71. The number of carboxylic acids is 1. The van der Waals surface area contributed by atoms with Crippen LogP contribution in [0.2, 0.25) is 0 Å². The van der Waals surface area contributed by atoms with Gasteiger partial charge in [0, 0.05) is 30.8 Å². The molecule has 0 radical (unpaired) electrons. The molecule has 0 aromatic carbocycles. The number of likely N-dealkylation sites (tertiary alicyclic amines) is 1. The van der Waals surface area contributed by atoms with Crippen molar-refractivity contribution in [2.45, 2.75) is 32.2 Å². The van der Waals surface area contributed by atoms with Crippen LogP contribution in [0, 0.1) is 5.92 Å². The van der Waals surface area contributed by atoms with Gasteiger partial charge in [-0.15, -0.1) is 0 Å². The van der Waals surface area contributed by atoms with Crippen molar-refractivity contribution in [1.82, 2.24) is 14.9 Å². The van der Waals surface area contributed by atoms with Crippen molar-refractivity contribution in [3.8, 4) is 0 Å². The standard InChI is InChI=1S/C12H17N3O3/c1-8(5-9-6-13-7-14-9)11(16)15-4-2-3-10(15)12(17)18/h6-8,10H,2-5H2,1H3,(H,13,14)(H,17,18). The average Bonchev–Trinajstić information content (AvgIpc) is 2.97. The number of hydrogen-bond acceptors (Lipinski definition) is 3. The summed E-state index contributed by atoms with van der Waals surface area (Å²) in [7, 11) is 0. The van der Waals surface area contributed by atoms with Gasteiger partial charge >= 0.3 is 5.97 Å². The first kappa shape index (κ1) is 12.6. The number of imidazole rings is 1. The van der Waals surface area contributed by atoms with Crippen LogP contribution in [0.5, 0.6) is 0 Å². The summed E-state index contributed by atoms with van der Waals surface area (Å²) in [6.45, 7) is 2.36. The third-order valence-electron chi connectivity index (χ3n) is 3.32. The Morgan fingerprint density at radius 2 is 2.44 bits per heavy atom. The molecule has 0 aliphatic carbocycles. The van der Waals surface area contributed by atoms with Crippen molar-refractivity contribution in [2.75, 3.05) is 6.54 Å². The van der Waals surface area contributed by atoms with E-state index in [2.05, 4.69) is 9.97 Å². The Morgan fingerprint density at radius 3 is 3.06 bits per heavy atom.